The molecule has 1 aromatic rings. The molecule has 2 N–H and O–H groups in total. The fraction of sp³-hybridized carbons (Fsp3) is 0.750. The van der Waals surface area contributed by atoms with Gasteiger partial charge in [-0.1, -0.05) is 5.16 Å². The zero-order chi connectivity index (χ0) is 16.1. The molecule has 0 radical (unpaired) electrons. The van der Waals surface area contributed by atoms with Gasteiger partial charge < -0.3 is 19.8 Å². The highest BCUT2D eigenvalue weighted by atomic mass is 16.5. The van der Waals surface area contributed by atoms with E-state index in [1.807, 2.05) is 18.7 Å². The van der Waals surface area contributed by atoms with E-state index >= 15 is 0 Å². The van der Waals surface area contributed by atoms with Crippen LogP contribution in [-0.4, -0.2) is 46.9 Å². The van der Waals surface area contributed by atoms with Gasteiger partial charge in [-0.05, 0) is 46.5 Å². The van der Waals surface area contributed by atoms with Crippen molar-refractivity contribution < 1.29 is 14.4 Å². The predicted octanol–water partition coefficient (Wildman–Crippen LogP) is 2.03. The summed E-state index contributed by atoms with van der Waals surface area (Å²) in [4.78, 5) is 14.0. The summed E-state index contributed by atoms with van der Waals surface area (Å²) < 4.78 is 5.13. The molecule has 1 saturated heterocycles. The molecular weight excluding hydrogens is 282 g/mol. The lowest BCUT2D eigenvalue weighted by Gasteiger charge is -2.34. The Bertz CT molecular complexity index is 479. The number of nitrogens with zero attached hydrogens (tertiary/aromatic N) is 2. The number of carbonyl (C=O) groups is 1. The second-order valence-corrected chi connectivity index (χ2v) is 6.23. The number of nitrogens with one attached hydrogen (secondary N) is 1. The van der Waals surface area contributed by atoms with Crippen molar-refractivity contribution >= 4 is 6.03 Å². The Labute approximate surface area is 131 Å². The summed E-state index contributed by atoms with van der Waals surface area (Å²) in [7, 11) is 0. The SMILES string of the molecule is Cc1noc(C)c1CCCNC(=O)N1CCCC(C(C)O)C1. The maximum atomic E-state index is 12.2. The number of aromatic nitrogens is 1. The van der Waals surface area contributed by atoms with E-state index in [4.69, 9.17) is 4.52 Å². The van der Waals surface area contributed by atoms with Gasteiger partial charge in [0.25, 0.3) is 0 Å². The van der Waals surface area contributed by atoms with E-state index in [1.54, 1.807) is 6.92 Å². The molecule has 1 fully saturated rings. The molecule has 2 amide bonds. The minimum Gasteiger partial charge on any atom is -0.393 e. The van der Waals surface area contributed by atoms with Crippen LogP contribution in [0.15, 0.2) is 4.52 Å². The van der Waals surface area contributed by atoms with Crippen LogP contribution < -0.4 is 5.32 Å². The van der Waals surface area contributed by atoms with E-state index in [0.717, 1.165) is 49.2 Å². The van der Waals surface area contributed by atoms with Gasteiger partial charge in [-0.25, -0.2) is 4.79 Å². The number of hydrogen-bond donors (Lipinski definition) is 2. The van der Waals surface area contributed by atoms with Gasteiger partial charge in [0.15, 0.2) is 0 Å². The highest BCUT2D eigenvalue weighted by molar-refractivity contribution is 5.74. The molecule has 0 bridgehead atoms. The van der Waals surface area contributed by atoms with Crippen LogP contribution in [0.25, 0.3) is 0 Å². The van der Waals surface area contributed by atoms with E-state index in [0.29, 0.717) is 13.1 Å². The molecule has 1 aliphatic rings. The molecule has 2 atom stereocenters. The fourth-order valence-electron chi connectivity index (χ4n) is 3.02. The van der Waals surface area contributed by atoms with E-state index < -0.39 is 0 Å². The Kier molecular flexibility index (Phi) is 5.83. The van der Waals surface area contributed by atoms with Crippen LogP contribution in [0.1, 0.15) is 43.2 Å². The third-order valence-electron chi connectivity index (χ3n) is 4.49. The number of aliphatic hydroxyl groups is 1. The molecule has 124 valence electrons. The van der Waals surface area contributed by atoms with Gasteiger partial charge in [0, 0.05) is 31.1 Å². The summed E-state index contributed by atoms with van der Waals surface area (Å²) in [5.41, 5.74) is 2.07. The van der Waals surface area contributed by atoms with E-state index in [2.05, 4.69) is 10.5 Å². The molecule has 2 unspecified atom stereocenters. The molecule has 6 nitrogen and oxygen atoms in total. The number of urea groups is 1. The maximum Gasteiger partial charge on any atom is 0.317 e. The fourth-order valence-corrected chi connectivity index (χ4v) is 3.02. The quantitative estimate of drug-likeness (QED) is 0.816. The number of hydrogen-bond acceptors (Lipinski definition) is 4. The Hall–Kier alpha value is -1.56. The largest absolute Gasteiger partial charge is 0.393 e. The molecule has 0 saturated carbocycles. The molecular formula is C16H27N3O3. The smallest absolute Gasteiger partial charge is 0.317 e. The summed E-state index contributed by atoms with van der Waals surface area (Å²) in [6.07, 6.45) is 3.32. The molecule has 1 aliphatic heterocycles. The number of piperidine rings is 1. The van der Waals surface area contributed by atoms with Crippen LogP contribution in [0.2, 0.25) is 0 Å². The van der Waals surface area contributed by atoms with Crippen molar-refractivity contribution in [3.8, 4) is 0 Å². The standard InChI is InChI=1S/C16H27N3O3/c1-11-15(13(3)22-18-11)7-4-8-17-16(21)19-9-5-6-14(10-19)12(2)20/h12,14,20H,4-10H2,1-3H3,(H,17,21). The average molecular weight is 309 g/mol. The van der Waals surface area contributed by atoms with E-state index in [9.17, 15) is 9.90 Å². The first kappa shape index (κ1) is 16.8. The highest BCUT2D eigenvalue weighted by Gasteiger charge is 2.26. The van der Waals surface area contributed by atoms with Gasteiger partial charge in [0.05, 0.1) is 11.8 Å². The first-order valence-corrected chi connectivity index (χ1v) is 8.11. The van der Waals surface area contributed by atoms with Gasteiger partial charge >= 0.3 is 6.03 Å². The summed E-state index contributed by atoms with van der Waals surface area (Å²) in [6, 6.07) is -0.0240. The van der Waals surface area contributed by atoms with Crippen molar-refractivity contribution in [1.29, 1.82) is 0 Å². The lowest BCUT2D eigenvalue weighted by molar-refractivity contribution is 0.0739. The molecule has 0 spiro atoms. The molecule has 0 aromatic carbocycles. The Morgan fingerprint density at radius 2 is 2.32 bits per heavy atom. The van der Waals surface area contributed by atoms with Crippen LogP contribution >= 0.6 is 0 Å². The van der Waals surface area contributed by atoms with Gasteiger partial charge in [0.2, 0.25) is 0 Å². The lowest BCUT2D eigenvalue weighted by Crippen LogP contribution is -2.47. The summed E-state index contributed by atoms with van der Waals surface area (Å²) in [6.45, 7) is 7.72. The predicted molar refractivity (Wildman–Crippen MR) is 83.7 cm³/mol. The van der Waals surface area contributed by atoms with Crippen LogP contribution in [0.4, 0.5) is 4.79 Å². The van der Waals surface area contributed by atoms with Crippen LogP contribution in [0, 0.1) is 19.8 Å². The summed E-state index contributed by atoms with van der Waals surface area (Å²) >= 11 is 0. The van der Waals surface area contributed by atoms with Crippen LogP contribution in [0.3, 0.4) is 0 Å². The number of aryl methyl sites for hydroxylation is 2. The van der Waals surface area contributed by atoms with Crippen molar-refractivity contribution in [3.63, 3.8) is 0 Å². The molecule has 0 aliphatic carbocycles. The topological polar surface area (TPSA) is 78.6 Å². The minimum atomic E-state index is -0.352. The van der Waals surface area contributed by atoms with Crippen molar-refractivity contribution in [2.45, 2.75) is 52.6 Å². The lowest BCUT2D eigenvalue weighted by atomic mass is 9.94. The summed E-state index contributed by atoms with van der Waals surface area (Å²) in [5, 5.41) is 16.6. The normalized spacial score (nSPS) is 20.0. The molecule has 1 aromatic heterocycles. The van der Waals surface area contributed by atoms with Gasteiger partial charge in [-0.15, -0.1) is 0 Å². The number of amides is 2. The zero-order valence-corrected chi connectivity index (χ0v) is 13.8. The minimum absolute atomic E-state index is 0.0240. The second-order valence-electron chi connectivity index (χ2n) is 6.23. The Balaban J connectivity index is 1.71. The monoisotopic (exact) mass is 309 g/mol. The number of aliphatic hydroxyl groups excluding tert-OH is 1. The average Bonchev–Trinajstić information content (AvgIpc) is 2.82. The Morgan fingerprint density at radius 1 is 1.55 bits per heavy atom. The first-order valence-electron chi connectivity index (χ1n) is 8.11. The van der Waals surface area contributed by atoms with E-state index in [1.165, 1.54) is 0 Å². The van der Waals surface area contributed by atoms with Crippen molar-refractivity contribution in [3.05, 3.63) is 17.0 Å². The Morgan fingerprint density at radius 3 is 2.95 bits per heavy atom. The molecule has 2 rings (SSSR count). The van der Waals surface area contributed by atoms with Crippen molar-refractivity contribution in [2.24, 2.45) is 5.92 Å². The highest BCUT2D eigenvalue weighted by Crippen LogP contribution is 2.19. The van der Waals surface area contributed by atoms with Gasteiger partial charge in [-0.3, -0.25) is 0 Å². The van der Waals surface area contributed by atoms with Crippen molar-refractivity contribution in [1.82, 2.24) is 15.4 Å². The summed E-state index contributed by atoms with van der Waals surface area (Å²) in [5.74, 6) is 1.06. The molecule has 6 heteroatoms. The third kappa shape index (κ3) is 4.22. The maximum absolute atomic E-state index is 12.2. The third-order valence-corrected chi connectivity index (χ3v) is 4.49. The van der Waals surface area contributed by atoms with Crippen LogP contribution in [-0.2, 0) is 6.42 Å². The zero-order valence-electron chi connectivity index (χ0n) is 13.8. The number of rotatable bonds is 5. The van der Waals surface area contributed by atoms with E-state index in [-0.39, 0.29) is 18.1 Å². The number of likely N-dealkylation sites (tertiary alicyclic amines) is 1. The van der Waals surface area contributed by atoms with Gasteiger partial charge in [-0.2, -0.15) is 0 Å². The second kappa shape index (κ2) is 7.63. The van der Waals surface area contributed by atoms with Gasteiger partial charge in [0.1, 0.15) is 5.76 Å². The molecule has 2 heterocycles. The molecule has 22 heavy (non-hydrogen) atoms. The van der Waals surface area contributed by atoms with Crippen molar-refractivity contribution in [2.75, 3.05) is 19.6 Å². The van der Waals surface area contributed by atoms with Crippen LogP contribution in [0.5, 0.6) is 0 Å². The first-order chi connectivity index (χ1) is 10.5. The number of carbonyl (C=O) groups excluding carboxylic acids is 1.